The van der Waals surface area contributed by atoms with Crippen LogP contribution in [0.2, 0.25) is 0 Å². The Bertz CT molecular complexity index is 135. The van der Waals surface area contributed by atoms with Crippen molar-refractivity contribution in [1.29, 1.82) is 0 Å². The van der Waals surface area contributed by atoms with Crippen molar-refractivity contribution in [2.75, 3.05) is 11.5 Å². The summed E-state index contributed by atoms with van der Waals surface area (Å²) in [7, 11) is -3.80. The van der Waals surface area contributed by atoms with E-state index in [2.05, 4.69) is 7.94 Å². The highest BCUT2D eigenvalue weighted by molar-refractivity contribution is 8.01. The largest absolute Gasteiger partial charge is 1.00 e. The maximum absolute atomic E-state index is 10.8. The molecule has 0 spiro atoms. The van der Waals surface area contributed by atoms with E-state index in [1.807, 2.05) is 13.8 Å². The highest BCUT2D eigenvalue weighted by atomic mass is 35.5. The Morgan fingerprint density at radius 1 is 1.25 bits per heavy atom. The predicted octanol–water partition coefficient (Wildman–Crippen LogP) is -0.540. The van der Waals surface area contributed by atoms with Gasteiger partial charge in [0.1, 0.15) is 0 Å². The van der Waals surface area contributed by atoms with E-state index in [0.29, 0.717) is 11.5 Å². The third-order valence-corrected chi connectivity index (χ3v) is 3.35. The second kappa shape index (κ2) is 8.69. The van der Waals surface area contributed by atoms with Gasteiger partial charge in [-0.05, 0) is 0 Å². The average molecular weight is 254 g/mol. The van der Waals surface area contributed by atoms with Gasteiger partial charge in [-0.3, -0.25) is 0 Å². The van der Waals surface area contributed by atoms with E-state index < -0.39 is 7.82 Å². The molecule has 12 heavy (non-hydrogen) atoms. The van der Waals surface area contributed by atoms with Crippen molar-refractivity contribution in [2.24, 2.45) is 0 Å². The molecule has 0 saturated heterocycles. The fraction of sp³-hybridized carbons (Fsp3) is 1.00. The van der Waals surface area contributed by atoms with Crippen LogP contribution < -0.4 is 12.4 Å². The van der Waals surface area contributed by atoms with Crippen molar-refractivity contribution in [3.8, 4) is 0 Å². The lowest BCUT2D eigenvalue weighted by atomic mass is 11.0. The summed E-state index contributed by atoms with van der Waals surface area (Å²) in [6.07, 6.45) is 0. The van der Waals surface area contributed by atoms with Gasteiger partial charge >= 0.3 is 7.82 Å². The summed E-state index contributed by atoms with van der Waals surface area (Å²) in [5.74, 6) is 1.23. The highest BCUT2D eigenvalue weighted by Crippen LogP contribution is 2.50. The first-order chi connectivity index (χ1) is 5.12. The molecule has 0 aromatic carbocycles. The van der Waals surface area contributed by atoms with Crippen molar-refractivity contribution in [3.63, 3.8) is 0 Å². The molecular weight excluding hydrogens is 243 g/mol. The fourth-order valence-corrected chi connectivity index (χ4v) is 2.48. The Morgan fingerprint density at radius 3 is 1.83 bits per heavy atom. The molecule has 0 atom stereocenters. The molecule has 0 radical (unpaired) electrons. The van der Waals surface area contributed by atoms with Gasteiger partial charge in [0.15, 0.2) is 0 Å². The standard InChI is InChI=1S/C4H11O4PS2.ClH/c1-3-10-7-9(5,6)8-11-4-2;/h3-4H2,1-2H3,(H,5,6);1H/p-1. The summed E-state index contributed by atoms with van der Waals surface area (Å²) >= 11 is 1.83. The Labute approximate surface area is 87.2 Å². The van der Waals surface area contributed by atoms with Crippen LogP contribution in [0.1, 0.15) is 13.8 Å². The monoisotopic (exact) mass is 253 g/mol. The molecule has 0 aliphatic carbocycles. The smallest absolute Gasteiger partial charge is 0.494 e. The molecule has 4 nitrogen and oxygen atoms in total. The van der Waals surface area contributed by atoms with Crippen molar-refractivity contribution in [3.05, 3.63) is 0 Å². The van der Waals surface area contributed by atoms with Crippen molar-refractivity contribution < 1.29 is 29.8 Å². The molecule has 1 N–H and O–H groups in total. The first-order valence-corrected chi connectivity index (χ1v) is 6.39. The number of hydrogen-bond donors (Lipinski definition) is 1. The molecule has 0 saturated carbocycles. The van der Waals surface area contributed by atoms with Crippen LogP contribution in [0.15, 0.2) is 0 Å². The molecule has 0 rings (SSSR count). The van der Waals surface area contributed by atoms with Crippen LogP contribution >= 0.6 is 31.9 Å². The number of phosphoric acid groups is 1. The van der Waals surface area contributed by atoms with E-state index in [1.165, 1.54) is 0 Å². The summed E-state index contributed by atoms with van der Waals surface area (Å²) in [6.45, 7) is 3.63. The second-order valence-corrected chi connectivity index (χ2v) is 5.19. The van der Waals surface area contributed by atoms with Gasteiger partial charge in [-0.2, -0.15) is 0 Å². The maximum atomic E-state index is 10.8. The first kappa shape index (κ1) is 15.6. The van der Waals surface area contributed by atoms with Crippen LogP contribution in [0.25, 0.3) is 0 Å². The van der Waals surface area contributed by atoms with Crippen molar-refractivity contribution in [2.45, 2.75) is 13.8 Å². The molecule has 0 heterocycles. The Balaban J connectivity index is 0. The second-order valence-electron chi connectivity index (χ2n) is 1.43. The molecule has 0 aromatic rings. The normalized spacial score (nSPS) is 10.9. The van der Waals surface area contributed by atoms with Crippen molar-refractivity contribution in [1.82, 2.24) is 0 Å². The third-order valence-electron chi connectivity index (χ3n) is 0.529. The maximum Gasteiger partial charge on any atom is 0.494 e. The molecular formula is C4H11ClO4PS2-. The highest BCUT2D eigenvalue weighted by Gasteiger charge is 2.21. The van der Waals surface area contributed by atoms with Crippen molar-refractivity contribution >= 4 is 31.9 Å². The van der Waals surface area contributed by atoms with Gasteiger partial charge in [-0.1, -0.05) is 13.8 Å². The van der Waals surface area contributed by atoms with E-state index in [9.17, 15) is 4.57 Å². The van der Waals surface area contributed by atoms with Gasteiger partial charge in [0.05, 0.1) is 0 Å². The minimum Gasteiger partial charge on any atom is -1.00 e. The van der Waals surface area contributed by atoms with Crippen LogP contribution in [-0.2, 0) is 12.5 Å². The van der Waals surface area contributed by atoms with Crippen LogP contribution in [0.5, 0.6) is 0 Å². The lowest BCUT2D eigenvalue weighted by Gasteiger charge is -2.07. The van der Waals surface area contributed by atoms with Gasteiger partial charge in [0.25, 0.3) is 0 Å². The van der Waals surface area contributed by atoms with Gasteiger partial charge in [-0.25, -0.2) is 12.5 Å². The molecule has 0 unspecified atom stereocenters. The van der Waals surface area contributed by atoms with Crippen LogP contribution in [0.4, 0.5) is 0 Å². The zero-order valence-electron chi connectivity index (χ0n) is 6.73. The summed E-state index contributed by atoms with van der Waals surface area (Å²) in [5, 5.41) is 0. The summed E-state index contributed by atoms with van der Waals surface area (Å²) in [4.78, 5) is 8.85. The molecule has 0 aromatic heterocycles. The van der Waals surface area contributed by atoms with Crippen LogP contribution in [0.3, 0.4) is 0 Å². The zero-order valence-corrected chi connectivity index (χ0v) is 10.0. The Kier molecular flexibility index (Phi) is 11.3. The number of halogens is 1. The van der Waals surface area contributed by atoms with E-state index >= 15 is 0 Å². The topological polar surface area (TPSA) is 55.8 Å². The fourth-order valence-electron chi connectivity index (χ4n) is 0.251. The lowest BCUT2D eigenvalue weighted by molar-refractivity contribution is -0.00000899. The molecule has 0 fully saturated rings. The van der Waals surface area contributed by atoms with E-state index in [0.717, 1.165) is 24.1 Å². The molecule has 8 heteroatoms. The van der Waals surface area contributed by atoms with Gasteiger partial charge in [0.2, 0.25) is 0 Å². The Hall–Kier alpha value is 1.10. The summed E-state index contributed by atoms with van der Waals surface area (Å²) < 4.78 is 19.7. The molecule has 0 aliphatic heterocycles. The minimum absolute atomic E-state index is 0. The first-order valence-electron chi connectivity index (χ1n) is 3.07. The van der Waals surface area contributed by atoms with Crippen LogP contribution in [0, 0.1) is 0 Å². The third kappa shape index (κ3) is 9.19. The van der Waals surface area contributed by atoms with E-state index in [1.54, 1.807) is 0 Å². The van der Waals surface area contributed by atoms with Gasteiger partial charge in [-0.15, -0.1) is 0 Å². The van der Waals surface area contributed by atoms with Gasteiger partial charge < -0.3 is 17.3 Å². The Morgan fingerprint density at radius 2 is 1.58 bits per heavy atom. The lowest BCUT2D eigenvalue weighted by Crippen LogP contribution is -3.00. The van der Waals surface area contributed by atoms with E-state index in [4.69, 9.17) is 4.89 Å². The average Bonchev–Trinajstić information content (AvgIpc) is 1.97. The van der Waals surface area contributed by atoms with Gasteiger partial charge in [0, 0.05) is 35.6 Å². The summed E-state index contributed by atoms with van der Waals surface area (Å²) in [5.41, 5.74) is 0. The SMILES string of the molecule is CCSOP(=O)(O)OSCC.[Cl-]. The number of rotatable bonds is 6. The zero-order chi connectivity index (χ0) is 8.74. The predicted molar refractivity (Wildman–Crippen MR) is 48.3 cm³/mol. The summed E-state index contributed by atoms with van der Waals surface area (Å²) in [6, 6.07) is 0. The minimum atomic E-state index is -3.80. The molecule has 0 bridgehead atoms. The van der Waals surface area contributed by atoms with Crippen LogP contribution in [-0.4, -0.2) is 16.4 Å². The molecule has 0 aliphatic rings. The van der Waals surface area contributed by atoms with E-state index in [-0.39, 0.29) is 12.4 Å². The number of hydrogen-bond acceptors (Lipinski definition) is 5. The quantitative estimate of drug-likeness (QED) is 0.507. The molecule has 76 valence electrons. The molecule has 0 amide bonds.